The van der Waals surface area contributed by atoms with E-state index in [-0.39, 0.29) is 0 Å². The molecule has 25 heavy (non-hydrogen) atoms. The van der Waals surface area contributed by atoms with Crippen LogP contribution >= 0.6 is 0 Å². The standard InChI is InChI=1S/C19H27N5O/c1-4-22(5-2)19-20-11-10-18(21-19)24-14-12-23(13-15-24)16-6-8-17(25-3)9-7-16/h6-11H,4-5,12-15H2,1-3H3. The maximum Gasteiger partial charge on any atom is 0.227 e. The Hall–Kier alpha value is -2.50. The van der Waals surface area contributed by atoms with E-state index < -0.39 is 0 Å². The molecule has 0 N–H and O–H groups in total. The molecule has 1 aromatic heterocycles. The number of benzene rings is 1. The van der Waals surface area contributed by atoms with Crippen LogP contribution < -0.4 is 19.4 Å². The highest BCUT2D eigenvalue weighted by Gasteiger charge is 2.19. The van der Waals surface area contributed by atoms with Crippen molar-refractivity contribution in [3.8, 4) is 5.75 Å². The normalized spacial score (nSPS) is 14.5. The van der Waals surface area contributed by atoms with Gasteiger partial charge in [-0.2, -0.15) is 4.98 Å². The summed E-state index contributed by atoms with van der Waals surface area (Å²) in [6.07, 6.45) is 1.87. The maximum absolute atomic E-state index is 5.24. The zero-order chi connectivity index (χ0) is 17.6. The summed E-state index contributed by atoms with van der Waals surface area (Å²) in [6.45, 7) is 9.99. The van der Waals surface area contributed by atoms with Crippen molar-refractivity contribution in [1.29, 1.82) is 0 Å². The van der Waals surface area contributed by atoms with Crippen LogP contribution in [-0.2, 0) is 0 Å². The number of ether oxygens (including phenoxy) is 1. The van der Waals surface area contributed by atoms with Gasteiger partial charge < -0.3 is 19.4 Å². The van der Waals surface area contributed by atoms with Gasteiger partial charge in [0.1, 0.15) is 11.6 Å². The zero-order valence-electron chi connectivity index (χ0n) is 15.4. The van der Waals surface area contributed by atoms with Gasteiger partial charge in [0, 0.05) is 51.2 Å². The van der Waals surface area contributed by atoms with Crippen molar-refractivity contribution >= 4 is 17.5 Å². The van der Waals surface area contributed by atoms with Crippen LogP contribution in [0.2, 0.25) is 0 Å². The van der Waals surface area contributed by atoms with Crippen molar-refractivity contribution < 1.29 is 4.74 Å². The SMILES string of the molecule is CCN(CC)c1nccc(N2CCN(c3ccc(OC)cc3)CC2)n1. The van der Waals surface area contributed by atoms with Gasteiger partial charge in [0.2, 0.25) is 5.95 Å². The van der Waals surface area contributed by atoms with E-state index in [4.69, 9.17) is 9.72 Å². The summed E-state index contributed by atoms with van der Waals surface area (Å²) >= 11 is 0. The van der Waals surface area contributed by atoms with Crippen LogP contribution in [-0.4, -0.2) is 56.3 Å². The van der Waals surface area contributed by atoms with Gasteiger partial charge >= 0.3 is 0 Å². The molecule has 1 aromatic carbocycles. The van der Waals surface area contributed by atoms with Crippen LogP contribution in [0.3, 0.4) is 0 Å². The largest absolute Gasteiger partial charge is 0.497 e. The van der Waals surface area contributed by atoms with Crippen molar-refractivity contribution in [2.45, 2.75) is 13.8 Å². The highest BCUT2D eigenvalue weighted by molar-refractivity contribution is 5.52. The molecule has 1 aliphatic heterocycles. The summed E-state index contributed by atoms with van der Waals surface area (Å²) in [4.78, 5) is 16.1. The van der Waals surface area contributed by atoms with Crippen molar-refractivity contribution in [3.05, 3.63) is 36.5 Å². The Morgan fingerprint density at radius 1 is 0.960 bits per heavy atom. The van der Waals surface area contributed by atoms with E-state index in [0.29, 0.717) is 0 Å². The lowest BCUT2D eigenvalue weighted by atomic mass is 10.2. The molecule has 0 bridgehead atoms. The van der Waals surface area contributed by atoms with Gasteiger partial charge in [-0.25, -0.2) is 4.98 Å². The number of rotatable bonds is 6. The molecule has 6 nitrogen and oxygen atoms in total. The molecular weight excluding hydrogens is 314 g/mol. The molecular formula is C19H27N5O. The molecule has 0 unspecified atom stereocenters. The first-order valence-electron chi connectivity index (χ1n) is 8.97. The maximum atomic E-state index is 5.24. The van der Waals surface area contributed by atoms with Gasteiger partial charge in [-0.15, -0.1) is 0 Å². The van der Waals surface area contributed by atoms with Gasteiger partial charge in [-0.05, 0) is 44.2 Å². The predicted molar refractivity (Wildman–Crippen MR) is 103 cm³/mol. The molecule has 134 valence electrons. The van der Waals surface area contributed by atoms with E-state index in [1.807, 2.05) is 24.4 Å². The van der Waals surface area contributed by atoms with E-state index in [2.05, 4.69) is 45.7 Å². The topological polar surface area (TPSA) is 44.7 Å². The molecule has 0 aliphatic carbocycles. The summed E-state index contributed by atoms with van der Waals surface area (Å²) < 4.78 is 5.24. The van der Waals surface area contributed by atoms with Crippen molar-refractivity contribution in [2.24, 2.45) is 0 Å². The molecule has 1 fully saturated rings. The third-order valence-corrected chi connectivity index (χ3v) is 4.72. The lowest BCUT2D eigenvalue weighted by molar-refractivity contribution is 0.415. The second kappa shape index (κ2) is 8.05. The van der Waals surface area contributed by atoms with Gasteiger partial charge in [0.25, 0.3) is 0 Å². The fourth-order valence-corrected chi connectivity index (χ4v) is 3.16. The van der Waals surface area contributed by atoms with E-state index in [1.165, 1.54) is 5.69 Å². The summed E-state index contributed by atoms with van der Waals surface area (Å²) in [5.74, 6) is 2.73. The van der Waals surface area contributed by atoms with Gasteiger partial charge in [0.05, 0.1) is 7.11 Å². The first kappa shape index (κ1) is 17.3. The number of nitrogens with zero attached hydrogens (tertiary/aromatic N) is 5. The summed E-state index contributed by atoms with van der Waals surface area (Å²) in [7, 11) is 1.70. The third-order valence-electron chi connectivity index (χ3n) is 4.72. The molecule has 6 heteroatoms. The van der Waals surface area contributed by atoms with Crippen molar-refractivity contribution in [2.75, 3.05) is 61.1 Å². The number of piperazine rings is 1. The van der Waals surface area contributed by atoms with E-state index in [0.717, 1.165) is 56.8 Å². The van der Waals surface area contributed by atoms with E-state index in [9.17, 15) is 0 Å². The van der Waals surface area contributed by atoms with Gasteiger partial charge in [-0.3, -0.25) is 0 Å². The Morgan fingerprint density at radius 3 is 2.20 bits per heavy atom. The minimum absolute atomic E-state index is 0.820. The molecule has 2 heterocycles. The molecule has 0 atom stereocenters. The van der Waals surface area contributed by atoms with Crippen LogP contribution in [0, 0.1) is 0 Å². The highest BCUT2D eigenvalue weighted by atomic mass is 16.5. The molecule has 1 aliphatic rings. The first-order valence-corrected chi connectivity index (χ1v) is 8.97. The minimum atomic E-state index is 0.820. The lowest BCUT2D eigenvalue weighted by Crippen LogP contribution is -2.47. The summed E-state index contributed by atoms with van der Waals surface area (Å²) in [6, 6.07) is 10.3. The monoisotopic (exact) mass is 341 g/mol. The molecule has 0 amide bonds. The fraction of sp³-hybridized carbons (Fsp3) is 0.474. The Morgan fingerprint density at radius 2 is 1.60 bits per heavy atom. The second-order valence-corrected chi connectivity index (χ2v) is 6.06. The van der Waals surface area contributed by atoms with Crippen molar-refractivity contribution in [3.63, 3.8) is 0 Å². The van der Waals surface area contributed by atoms with Crippen LogP contribution in [0.5, 0.6) is 5.75 Å². The van der Waals surface area contributed by atoms with Gasteiger partial charge in [-0.1, -0.05) is 0 Å². The molecule has 0 spiro atoms. The molecule has 0 saturated carbocycles. The Kier molecular flexibility index (Phi) is 5.58. The van der Waals surface area contributed by atoms with Crippen molar-refractivity contribution in [1.82, 2.24) is 9.97 Å². The second-order valence-electron chi connectivity index (χ2n) is 6.06. The third kappa shape index (κ3) is 3.95. The number of aromatic nitrogens is 2. The Balaban J connectivity index is 1.64. The molecule has 3 rings (SSSR count). The molecule has 2 aromatic rings. The predicted octanol–water partition coefficient (Wildman–Crippen LogP) is 2.66. The minimum Gasteiger partial charge on any atom is -0.497 e. The highest BCUT2D eigenvalue weighted by Crippen LogP contribution is 2.22. The zero-order valence-corrected chi connectivity index (χ0v) is 15.4. The van der Waals surface area contributed by atoms with Crippen LogP contribution in [0.25, 0.3) is 0 Å². The molecule has 0 radical (unpaired) electrons. The lowest BCUT2D eigenvalue weighted by Gasteiger charge is -2.37. The number of anilines is 3. The summed E-state index contributed by atoms with van der Waals surface area (Å²) in [5, 5.41) is 0. The van der Waals surface area contributed by atoms with E-state index in [1.54, 1.807) is 7.11 Å². The summed E-state index contributed by atoms with van der Waals surface area (Å²) in [5.41, 5.74) is 1.24. The number of hydrogen-bond donors (Lipinski definition) is 0. The van der Waals surface area contributed by atoms with Crippen LogP contribution in [0.4, 0.5) is 17.5 Å². The fourth-order valence-electron chi connectivity index (χ4n) is 3.16. The number of methoxy groups -OCH3 is 1. The first-order chi connectivity index (χ1) is 12.2. The Labute approximate surface area is 150 Å². The van der Waals surface area contributed by atoms with E-state index >= 15 is 0 Å². The smallest absolute Gasteiger partial charge is 0.227 e. The quantitative estimate of drug-likeness (QED) is 0.805. The average molecular weight is 341 g/mol. The van der Waals surface area contributed by atoms with Gasteiger partial charge in [0.15, 0.2) is 0 Å². The molecule has 1 saturated heterocycles. The average Bonchev–Trinajstić information content (AvgIpc) is 2.69. The number of hydrogen-bond acceptors (Lipinski definition) is 6. The Bertz CT molecular complexity index is 664. The van der Waals surface area contributed by atoms with Crippen LogP contribution in [0.15, 0.2) is 36.5 Å². The van der Waals surface area contributed by atoms with Crippen LogP contribution in [0.1, 0.15) is 13.8 Å².